The number of benzene rings is 2. The third-order valence-electron chi connectivity index (χ3n) is 5.10. The summed E-state index contributed by atoms with van der Waals surface area (Å²) in [5.41, 5.74) is 5.04. The molecule has 2 aromatic heterocycles. The van der Waals surface area contributed by atoms with Crippen molar-refractivity contribution in [1.29, 1.82) is 0 Å². The zero-order valence-electron chi connectivity index (χ0n) is 16.3. The Bertz CT molecular complexity index is 1240. The van der Waals surface area contributed by atoms with Gasteiger partial charge in [-0.05, 0) is 65.5 Å². The van der Waals surface area contributed by atoms with E-state index in [9.17, 15) is 9.66 Å². The zero-order chi connectivity index (χ0) is 20.7. The summed E-state index contributed by atoms with van der Waals surface area (Å²) in [6.45, 7) is 0. The molecule has 0 bridgehead atoms. The Morgan fingerprint density at radius 2 is 1.97 bits per heavy atom. The first kappa shape index (κ1) is 19.1. The highest BCUT2D eigenvalue weighted by molar-refractivity contribution is 7.90. The van der Waals surface area contributed by atoms with Crippen LogP contribution in [-0.2, 0) is 24.0 Å². The molecule has 0 fully saturated rings. The summed E-state index contributed by atoms with van der Waals surface area (Å²) in [4.78, 5) is 12.5. The summed E-state index contributed by atoms with van der Waals surface area (Å²) in [6.07, 6.45) is 5.43. The summed E-state index contributed by atoms with van der Waals surface area (Å²) >= 11 is 0.707. The van der Waals surface area contributed by atoms with Crippen LogP contribution in [0.1, 0.15) is 10.4 Å². The Morgan fingerprint density at radius 1 is 1.10 bits per heavy atom. The molecule has 0 radical (unpaired) electrons. The molecule has 1 atom stereocenters. The van der Waals surface area contributed by atoms with Crippen molar-refractivity contribution in [3.05, 3.63) is 71.2 Å². The standard InChI is InChI=1S/C23H19N3O2S2/c1-30(28)18-7-3-5-16(11-18)25-23-24-13-15-8-9-20-19(22(15)26-23)12-21(29-20)14-4-2-6-17(27)10-14/h2-7,10-13,27H,8-9H2,1H3,(H,24,25,26). The van der Waals surface area contributed by atoms with Crippen molar-refractivity contribution < 1.29 is 9.66 Å². The van der Waals surface area contributed by atoms with Gasteiger partial charge in [0.25, 0.3) is 0 Å². The van der Waals surface area contributed by atoms with E-state index < -0.39 is 11.2 Å². The van der Waals surface area contributed by atoms with E-state index in [1.54, 1.807) is 29.7 Å². The van der Waals surface area contributed by atoms with E-state index in [2.05, 4.69) is 16.4 Å². The number of hydrogen-bond donors (Lipinski definition) is 2. The van der Waals surface area contributed by atoms with E-state index in [-0.39, 0.29) is 5.75 Å². The molecule has 4 aromatic rings. The van der Waals surface area contributed by atoms with Gasteiger partial charge in [-0.3, -0.25) is 0 Å². The maximum Gasteiger partial charge on any atom is 0.227 e. The van der Waals surface area contributed by atoms with E-state index in [0.29, 0.717) is 5.95 Å². The Balaban J connectivity index is 1.49. The minimum absolute atomic E-state index is 0.267. The van der Waals surface area contributed by atoms with Crippen LogP contribution in [0.5, 0.6) is 5.75 Å². The summed E-state index contributed by atoms with van der Waals surface area (Å²) < 4.78 is 11.8. The quantitative estimate of drug-likeness (QED) is 0.435. The van der Waals surface area contributed by atoms with E-state index >= 15 is 0 Å². The van der Waals surface area contributed by atoms with Crippen LogP contribution in [0.4, 0.5) is 11.6 Å². The SMILES string of the molecule is C[S+]([O-])c1cccc(Nc2ncc3c(n2)-c2cc(-c4cccc(O)c4)sc2CC3)c1. The average Bonchev–Trinajstić information content (AvgIpc) is 3.19. The van der Waals surface area contributed by atoms with Crippen molar-refractivity contribution in [2.45, 2.75) is 17.7 Å². The molecule has 0 amide bonds. The van der Waals surface area contributed by atoms with E-state index in [1.807, 2.05) is 42.6 Å². The van der Waals surface area contributed by atoms with Crippen LogP contribution in [0.15, 0.2) is 65.7 Å². The first-order valence-corrected chi connectivity index (χ1v) is 11.9. The van der Waals surface area contributed by atoms with E-state index in [1.165, 1.54) is 4.88 Å². The molecule has 0 aliphatic heterocycles. The van der Waals surface area contributed by atoms with Gasteiger partial charge in [0.2, 0.25) is 5.95 Å². The van der Waals surface area contributed by atoms with Crippen molar-refractivity contribution in [1.82, 2.24) is 9.97 Å². The highest BCUT2D eigenvalue weighted by Crippen LogP contribution is 2.42. The number of phenolic OH excluding ortho intramolecular Hbond substituents is 1. The van der Waals surface area contributed by atoms with Crippen molar-refractivity contribution in [2.75, 3.05) is 11.6 Å². The first-order chi connectivity index (χ1) is 14.6. The lowest BCUT2D eigenvalue weighted by molar-refractivity contribution is 0.475. The van der Waals surface area contributed by atoms with Crippen LogP contribution in [-0.4, -0.2) is 25.9 Å². The minimum atomic E-state index is -1.04. The predicted octanol–water partition coefficient (Wildman–Crippen LogP) is 5.16. The number of thiophene rings is 1. The van der Waals surface area contributed by atoms with Crippen molar-refractivity contribution in [2.24, 2.45) is 0 Å². The van der Waals surface area contributed by atoms with Crippen molar-refractivity contribution in [3.63, 3.8) is 0 Å². The van der Waals surface area contributed by atoms with Crippen LogP contribution in [0.3, 0.4) is 0 Å². The number of phenols is 1. The number of rotatable bonds is 4. The van der Waals surface area contributed by atoms with Gasteiger partial charge in [-0.2, -0.15) is 0 Å². The summed E-state index contributed by atoms with van der Waals surface area (Å²) in [6, 6.07) is 17.0. The lowest BCUT2D eigenvalue weighted by Crippen LogP contribution is -2.07. The second-order valence-electron chi connectivity index (χ2n) is 7.17. The summed E-state index contributed by atoms with van der Waals surface area (Å²) in [5.74, 6) is 0.786. The molecule has 30 heavy (non-hydrogen) atoms. The molecule has 2 N–H and O–H groups in total. The Hall–Kier alpha value is -2.87. The molecule has 5 rings (SSSR count). The van der Waals surface area contributed by atoms with Gasteiger partial charge < -0.3 is 15.0 Å². The molecule has 150 valence electrons. The highest BCUT2D eigenvalue weighted by atomic mass is 32.2. The Kier molecular flexibility index (Phi) is 4.94. The van der Waals surface area contributed by atoms with Gasteiger partial charge in [0.1, 0.15) is 12.0 Å². The van der Waals surface area contributed by atoms with Crippen LogP contribution in [0.25, 0.3) is 21.7 Å². The average molecular weight is 434 g/mol. The lowest BCUT2D eigenvalue weighted by atomic mass is 9.96. The van der Waals surface area contributed by atoms with Crippen LogP contribution in [0, 0.1) is 0 Å². The smallest absolute Gasteiger partial charge is 0.227 e. The molecule has 1 unspecified atom stereocenters. The number of aromatic hydroxyl groups is 1. The molecule has 0 saturated heterocycles. The molecular formula is C23H19N3O2S2. The molecule has 7 heteroatoms. The molecule has 5 nitrogen and oxygen atoms in total. The van der Waals surface area contributed by atoms with Crippen LogP contribution >= 0.6 is 11.3 Å². The van der Waals surface area contributed by atoms with Gasteiger partial charge in [0, 0.05) is 33.3 Å². The third-order valence-corrected chi connectivity index (χ3v) is 7.26. The van der Waals surface area contributed by atoms with Crippen LogP contribution < -0.4 is 5.32 Å². The number of fused-ring (bicyclic) bond motifs is 3. The van der Waals surface area contributed by atoms with Gasteiger partial charge in [0.15, 0.2) is 4.90 Å². The molecular weight excluding hydrogens is 414 g/mol. The fraction of sp³-hybridized carbons (Fsp3) is 0.130. The Morgan fingerprint density at radius 3 is 2.80 bits per heavy atom. The molecule has 1 aliphatic rings. The number of hydrogen-bond acceptors (Lipinski definition) is 6. The van der Waals surface area contributed by atoms with Crippen molar-refractivity contribution >= 4 is 34.1 Å². The number of nitrogens with one attached hydrogen (secondary N) is 1. The van der Waals surface area contributed by atoms with Gasteiger partial charge >= 0.3 is 0 Å². The van der Waals surface area contributed by atoms with E-state index in [4.69, 9.17) is 4.98 Å². The second kappa shape index (κ2) is 7.75. The molecule has 0 saturated carbocycles. The number of anilines is 2. The van der Waals surface area contributed by atoms with Gasteiger partial charge in [-0.15, -0.1) is 11.3 Å². The largest absolute Gasteiger partial charge is 0.612 e. The highest BCUT2D eigenvalue weighted by Gasteiger charge is 2.22. The maximum atomic E-state index is 11.8. The molecule has 0 spiro atoms. The van der Waals surface area contributed by atoms with Gasteiger partial charge in [-0.25, -0.2) is 9.97 Å². The fourth-order valence-corrected chi connectivity index (χ4v) is 5.35. The van der Waals surface area contributed by atoms with Crippen LogP contribution in [0.2, 0.25) is 0 Å². The van der Waals surface area contributed by atoms with E-state index in [0.717, 1.165) is 50.7 Å². The van der Waals surface area contributed by atoms with Gasteiger partial charge in [0.05, 0.1) is 5.69 Å². The molecule has 1 aliphatic carbocycles. The maximum absolute atomic E-state index is 11.8. The number of aryl methyl sites for hydroxylation is 2. The Labute approximate surface area is 181 Å². The van der Waals surface area contributed by atoms with Gasteiger partial charge in [-0.1, -0.05) is 18.2 Å². The second-order valence-corrected chi connectivity index (χ2v) is 9.69. The first-order valence-electron chi connectivity index (χ1n) is 9.56. The topological polar surface area (TPSA) is 81.1 Å². The minimum Gasteiger partial charge on any atom is -0.612 e. The lowest BCUT2D eigenvalue weighted by Gasteiger charge is -2.16. The number of nitrogens with zero attached hydrogens (tertiary/aromatic N) is 2. The molecule has 2 heterocycles. The van der Waals surface area contributed by atoms with Crippen molar-refractivity contribution in [3.8, 4) is 27.4 Å². The zero-order valence-corrected chi connectivity index (χ0v) is 17.9. The number of aromatic nitrogens is 2. The summed E-state index contributed by atoms with van der Waals surface area (Å²) in [5, 5.41) is 13.1. The molecule has 2 aromatic carbocycles. The summed E-state index contributed by atoms with van der Waals surface area (Å²) in [7, 11) is 0. The normalized spacial score (nSPS) is 13.4. The third kappa shape index (κ3) is 3.67. The monoisotopic (exact) mass is 433 g/mol. The fourth-order valence-electron chi connectivity index (χ4n) is 3.63. The predicted molar refractivity (Wildman–Crippen MR) is 122 cm³/mol.